The number of anilines is 3. The molecule has 14 nitrogen and oxygen atoms in total. The van der Waals surface area contributed by atoms with E-state index in [1.807, 2.05) is 41.2 Å². The average molecular weight is 849 g/mol. The molecule has 1 unspecified atom stereocenters. The molecule has 5 aromatic rings. The largest absolute Gasteiger partial charge is 0.497 e. The van der Waals surface area contributed by atoms with E-state index in [0.717, 1.165) is 66.9 Å². The molecular formula is C46H50F2N8O6. The summed E-state index contributed by atoms with van der Waals surface area (Å²) < 4.78 is 38.9. The first-order chi connectivity index (χ1) is 29.8. The number of hydrogen-bond donors (Lipinski definition) is 1. The number of fused-ring (bicyclic) bond motifs is 2. The number of methoxy groups -OCH3 is 1. The zero-order valence-corrected chi connectivity index (χ0v) is 35.3. The summed E-state index contributed by atoms with van der Waals surface area (Å²) >= 11 is 0. The number of rotatable bonds is 12. The number of carbonyl (C=O) groups is 4. The summed E-state index contributed by atoms with van der Waals surface area (Å²) in [5, 5.41) is 7.67. The van der Waals surface area contributed by atoms with Crippen LogP contribution in [0.1, 0.15) is 69.5 Å². The number of aromatic nitrogens is 3. The maximum Gasteiger partial charge on any atom is 0.264 e. The molecule has 62 heavy (non-hydrogen) atoms. The summed E-state index contributed by atoms with van der Waals surface area (Å²) in [4.78, 5) is 70.1. The van der Waals surface area contributed by atoms with Gasteiger partial charge in [-0.1, -0.05) is 0 Å². The number of aryl methyl sites for hydroxylation is 4. The molecule has 3 aliphatic heterocycles. The number of piperazine rings is 1. The number of amides is 3. The Kier molecular flexibility index (Phi) is 11.9. The van der Waals surface area contributed by atoms with Gasteiger partial charge in [-0.05, 0) is 80.1 Å². The van der Waals surface area contributed by atoms with Crippen molar-refractivity contribution < 1.29 is 32.7 Å². The second-order valence-electron chi connectivity index (χ2n) is 16.3. The van der Waals surface area contributed by atoms with Crippen LogP contribution in [0.2, 0.25) is 0 Å². The minimum Gasteiger partial charge on any atom is -0.497 e. The molecule has 1 atom stereocenters. The third kappa shape index (κ3) is 8.18. The van der Waals surface area contributed by atoms with E-state index >= 15 is 0 Å². The average Bonchev–Trinajstić information content (AvgIpc) is 3.75. The van der Waals surface area contributed by atoms with Crippen LogP contribution in [0, 0.1) is 6.92 Å². The van der Waals surface area contributed by atoms with E-state index in [4.69, 9.17) is 4.74 Å². The van der Waals surface area contributed by atoms with Crippen molar-refractivity contribution in [3.63, 3.8) is 0 Å². The molecule has 0 saturated carbocycles. The number of benzene rings is 3. The molecule has 0 bridgehead atoms. The van der Waals surface area contributed by atoms with Crippen molar-refractivity contribution in [3.8, 4) is 16.9 Å². The first-order valence-electron chi connectivity index (χ1n) is 21.0. The molecule has 3 amide bonds. The zero-order chi connectivity index (χ0) is 43.8. The molecule has 16 heteroatoms. The quantitative estimate of drug-likeness (QED) is 0.124. The van der Waals surface area contributed by atoms with Gasteiger partial charge in [0.05, 0.1) is 30.1 Å². The van der Waals surface area contributed by atoms with E-state index in [9.17, 15) is 32.8 Å². The molecule has 0 radical (unpaired) electrons. The van der Waals surface area contributed by atoms with Crippen LogP contribution in [0.15, 0.2) is 65.7 Å². The minimum atomic E-state index is -2.72. The number of halogens is 2. The normalized spacial score (nSPS) is 17.0. The van der Waals surface area contributed by atoms with Crippen LogP contribution in [0.4, 0.5) is 25.8 Å². The Hall–Kier alpha value is -6.42. The number of likely N-dealkylation sites (N-methyl/N-ethyl adjacent to an activating group) is 1. The molecule has 0 spiro atoms. The van der Waals surface area contributed by atoms with E-state index in [-0.39, 0.29) is 41.0 Å². The van der Waals surface area contributed by atoms with Crippen LogP contribution in [0.5, 0.6) is 5.75 Å². The van der Waals surface area contributed by atoms with Crippen LogP contribution in [0.25, 0.3) is 22.0 Å². The number of piperidine rings is 1. The van der Waals surface area contributed by atoms with Gasteiger partial charge in [-0.2, -0.15) is 5.10 Å². The van der Waals surface area contributed by atoms with Gasteiger partial charge in [0.15, 0.2) is 6.29 Å². The van der Waals surface area contributed by atoms with Crippen LogP contribution < -0.4 is 25.4 Å². The maximum atomic E-state index is 14.9. The fraction of sp³-hybridized carbons (Fsp3) is 0.391. The summed E-state index contributed by atoms with van der Waals surface area (Å²) in [6.45, 7) is 6.82. The lowest BCUT2D eigenvalue weighted by Gasteiger charge is -2.36. The van der Waals surface area contributed by atoms with E-state index in [0.29, 0.717) is 60.4 Å². The number of hydrogen-bond acceptors (Lipinski definition) is 10. The van der Waals surface area contributed by atoms with Crippen molar-refractivity contribution in [2.24, 2.45) is 7.05 Å². The summed E-state index contributed by atoms with van der Waals surface area (Å²) in [7, 11) is 4.80. The van der Waals surface area contributed by atoms with Gasteiger partial charge in [0.2, 0.25) is 11.8 Å². The topological polar surface area (TPSA) is 142 Å². The molecule has 2 saturated heterocycles. The van der Waals surface area contributed by atoms with Gasteiger partial charge in [-0.15, -0.1) is 0 Å². The van der Waals surface area contributed by atoms with Gasteiger partial charge in [0.25, 0.3) is 17.9 Å². The SMILES string of the molecule is COc1cc(N2CCCc3cc(-c4cnn(CCCN5CCN(c6ccc(C(=O)N(C)C7CCC(=O)NC7=O)c(C=O)c6)CC5)c4)c(C(F)F)cc32)c2cc(C)c(=O)n(C)c2c1. The third-order valence-corrected chi connectivity index (χ3v) is 12.5. The summed E-state index contributed by atoms with van der Waals surface area (Å²) in [6, 6.07) is 13.4. The van der Waals surface area contributed by atoms with E-state index in [2.05, 4.69) is 25.1 Å². The zero-order valence-electron chi connectivity index (χ0n) is 35.3. The lowest BCUT2D eigenvalue weighted by atomic mass is 9.92. The van der Waals surface area contributed by atoms with Crippen LogP contribution in [0.3, 0.4) is 0 Å². The molecule has 2 fully saturated rings. The molecule has 1 N–H and O–H groups in total. The second-order valence-corrected chi connectivity index (χ2v) is 16.3. The number of ether oxygens (including phenoxy) is 1. The number of imide groups is 1. The van der Waals surface area contributed by atoms with E-state index < -0.39 is 24.3 Å². The Bertz CT molecular complexity index is 2630. The van der Waals surface area contributed by atoms with Crippen molar-refractivity contribution >= 4 is 52.0 Å². The van der Waals surface area contributed by atoms with E-state index in [1.54, 1.807) is 50.0 Å². The number of aldehydes is 1. The monoisotopic (exact) mass is 848 g/mol. The Balaban J connectivity index is 0.907. The molecule has 3 aliphatic rings. The number of nitrogens with one attached hydrogen (secondary N) is 1. The highest BCUT2D eigenvalue weighted by Crippen LogP contribution is 2.44. The Morgan fingerprint density at radius 2 is 1.79 bits per heavy atom. The van der Waals surface area contributed by atoms with Crippen LogP contribution >= 0.6 is 0 Å². The summed E-state index contributed by atoms with van der Waals surface area (Å²) in [5.74, 6) is -0.780. The first-order valence-corrected chi connectivity index (χ1v) is 21.0. The number of carbonyl (C=O) groups excluding carboxylic acids is 4. The standard InChI is InChI=1S/C46H50F2N8O6/c1-28-19-37-40(52(3)45(28)60)22-33(62-4)23-41(37)56-14-5-7-29-21-35(36(43(47)48)24-39(29)56)31-25-49-55(26-31)13-6-12-53-15-17-54(18-16-53)32-8-9-34(30(20-32)27-57)46(61)51(2)38-10-11-42(58)50-44(38)59/h8-9,19-27,38,43H,5-7,10-18H2,1-4H3,(H,50,58,59). The molecule has 2 aromatic heterocycles. The first kappa shape index (κ1) is 42.3. The van der Waals surface area contributed by atoms with Crippen molar-refractivity contribution in [1.29, 1.82) is 0 Å². The minimum absolute atomic E-state index is 0.0649. The fourth-order valence-corrected chi connectivity index (χ4v) is 9.08. The van der Waals surface area contributed by atoms with Crippen molar-refractivity contribution in [2.75, 3.05) is 63.2 Å². The molecule has 0 aliphatic carbocycles. The number of nitrogens with zero attached hydrogens (tertiary/aromatic N) is 7. The molecule has 5 heterocycles. The number of pyridine rings is 1. The lowest BCUT2D eigenvalue weighted by Crippen LogP contribution is -2.53. The fourth-order valence-electron chi connectivity index (χ4n) is 9.08. The van der Waals surface area contributed by atoms with Crippen molar-refractivity contribution in [3.05, 3.63) is 99.1 Å². The summed E-state index contributed by atoms with van der Waals surface area (Å²) in [6.07, 6.45) is 4.14. The van der Waals surface area contributed by atoms with Gasteiger partial charge >= 0.3 is 0 Å². The Morgan fingerprint density at radius 1 is 1.00 bits per heavy atom. The van der Waals surface area contributed by atoms with Gasteiger partial charge in [0.1, 0.15) is 11.8 Å². The smallest absolute Gasteiger partial charge is 0.264 e. The van der Waals surface area contributed by atoms with Crippen LogP contribution in [-0.4, -0.2) is 108 Å². The van der Waals surface area contributed by atoms with Gasteiger partial charge in [-0.25, -0.2) is 8.78 Å². The predicted octanol–water partition coefficient (Wildman–Crippen LogP) is 5.64. The van der Waals surface area contributed by atoms with Gasteiger partial charge in [-0.3, -0.25) is 38.9 Å². The van der Waals surface area contributed by atoms with Crippen molar-refractivity contribution in [2.45, 2.75) is 58.0 Å². The molecule has 324 valence electrons. The predicted molar refractivity (Wildman–Crippen MR) is 232 cm³/mol. The number of alkyl halides is 2. The maximum absolute atomic E-state index is 14.9. The molecular weight excluding hydrogens is 799 g/mol. The van der Waals surface area contributed by atoms with E-state index in [1.165, 1.54) is 11.9 Å². The van der Waals surface area contributed by atoms with Crippen LogP contribution in [-0.2, 0) is 29.6 Å². The lowest BCUT2D eigenvalue weighted by molar-refractivity contribution is -0.136. The third-order valence-electron chi connectivity index (χ3n) is 12.5. The Labute approximate surface area is 357 Å². The Morgan fingerprint density at radius 3 is 2.52 bits per heavy atom. The highest BCUT2D eigenvalue weighted by molar-refractivity contribution is 6.06. The second kappa shape index (κ2) is 17.5. The molecule has 3 aromatic carbocycles. The van der Waals surface area contributed by atoms with Crippen molar-refractivity contribution in [1.82, 2.24) is 29.5 Å². The van der Waals surface area contributed by atoms with Gasteiger partial charge in [0, 0.05) is 124 Å². The van der Waals surface area contributed by atoms with Gasteiger partial charge < -0.3 is 24.0 Å². The summed E-state index contributed by atoms with van der Waals surface area (Å²) in [5.41, 5.74) is 5.96. The highest BCUT2D eigenvalue weighted by Gasteiger charge is 2.34. The highest BCUT2D eigenvalue weighted by atomic mass is 19.3. The molecule has 8 rings (SSSR count).